The van der Waals surface area contributed by atoms with Gasteiger partial charge in [-0.15, -0.1) is 10.2 Å². The molecule has 0 amide bonds. The van der Waals surface area contributed by atoms with Gasteiger partial charge in [-0.1, -0.05) is 55.5 Å². The van der Waals surface area contributed by atoms with Gasteiger partial charge in [0.2, 0.25) is 11.8 Å². The Morgan fingerprint density at radius 2 is 1.91 bits per heavy atom. The van der Waals surface area contributed by atoms with Crippen molar-refractivity contribution >= 4 is 23.0 Å². The van der Waals surface area contributed by atoms with E-state index in [1.54, 1.807) is 6.07 Å². The maximum atomic E-state index is 12.6. The number of esters is 1. The summed E-state index contributed by atoms with van der Waals surface area (Å²) in [5.74, 6) is 0.818. The highest BCUT2D eigenvalue weighted by Gasteiger charge is 2.20. The minimum atomic E-state index is -0.397. The lowest BCUT2D eigenvalue weighted by atomic mass is 9.97. The number of nitrogens with zero attached hydrogens (tertiary/aromatic N) is 5. The van der Waals surface area contributed by atoms with Crippen LogP contribution in [0.5, 0.6) is 0 Å². The Balaban J connectivity index is 1.64. The van der Waals surface area contributed by atoms with Crippen molar-refractivity contribution in [1.29, 1.82) is 0 Å². The van der Waals surface area contributed by atoms with Crippen molar-refractivity contribution in [1.82, 2.24) is 30.2 Å². The van der Waals surface area contributed by atoms with E-state index in [0.717, 1.165) is 46.3 Å². The van der Waals surface area contributed by atoms with Gasteiger partial charge in [-0.3, -0.25) is 0 Å². The van der Waals surface area contributed by atoms with Crippen LogP contribution in [0.2, 0.25) is 0 Å². The predicted molar refractivity (Wildman–Crippen MR) is 134 cm³/mol. The van der Waals surface area contributed by atoms with Crippen LogP contribution < -0.4 is 5.32 Å². The van der Waals surface area contributed by atoms with E-state index >= 15 is 0 Å². The Labute approximate surface area is 202 Å². The number of hydrogen-bond donors (Lipinski definition) is 2. The van der Waals surface area contributed by atoms with E-state index in [1.807, 2.05) is 34.9 Å². The van der Waals surface area contributed by atoms with Crippen molar-refractivity contribution in [3.05, 3.63) is 77.9 Å². The molecular weight excluding hydrogens is 442 g/mol. The van der Waals surface area contributed by atoms with Crippen LogP contribution >= 0.6 is 0 Å². The number of methoxy groups -OCH3 is 1. The molecule has 0 aliphatic heterocycles. The van der Waals surface area contributed by atoms with Gasteiger partial charge in [0.05, 0.1) is 30.3 Å². The van der Waals surface area contributed by atoms with Crippen LogP contribution in [0.25, 0.3) is 33.5 Å². The Hall–Kier alpha value is -4.53. The second kappa shape index (κ2) is 9.76. The highest BCUT2D eigenvalue weighted by atomic mass is 16.5. The number of aromatic amines is 1. The van der Waals surface area contributed by atoms with Crippen LogP contribution in [0.15, 0.2) is 66.7 Å². The monoisotopic (exact) mass is 467 g/mol. The average Bonchev–Trinajstić information content (AvgIpc) is 3.56. The molecule has 0 aliphatic carbocycles. The molecule has 0 fully saturated rings. The highest BCUT2D eigenvalue weighted by molar-refractivity contribution is 6.02. The summed E-state index contributed by atoms with van der Waals surface area (Å²) >= 11 is 0. The van der Waals surface area contributed by atoms with E-state index in [9.17, 15) is 4.79 Å². The van der Waals surface area contributed by atoms with Gasteiger partial charge in [0.15, 0.2) is 0 Å². The highest BCUT2D eigenvalue weighted by Crippen LogP contribution is 2.32. The van der Waals surface area contributed by atoms with Crippen LogP contribution in [0, 0.1) is 0 Å². The zero-order chi connectivity index (χ0) is 24.2. The third-order valence-electron chi connectivity index (χ3n) is 5.80. The second-order valence-corrected chi connectivity index (χ2v) is 8.09. The molecule has 0 saturated heterocycles. The number of H-pyrrole nitrogens is 1. The minimum Gasteiger partial charge on any atom is -0.465 e. The van der Waals surface area contributed by atoms with Crippen LogP contribution in [0.3, 0.4) is 0 Å². The molecule has 9 heteroatoms. The van der Waals surface area contributed by atoms with Gasteiger partial charge in [0.25, 0.3) is 0 Å². The number of aromatic nitrogens is 6. The molecule has 2 aromatic heterocycles. The van der Waals surface area contributed by atoms with Crippen LogP contribution in [0.4, 0.5) is 5.95 Å². The first-order valence-corrected chi connectivity index (χ1v) is 11.4. The lowest BCUT2D eigenvalue weighted by molar-refractivity contribution is 0.0602. The first kappa shape index (κ1) is 22.3. The van der Waals surface area contributed by atoms with Crippen molar-refractivity contribution in [2.75, 3.05) is 19.0 Å². The number of nitrogens with one attached hydrogen (secondary N) is 2. The largest absolute Gasteiger partial charge is 0.465 e. The smallest absolute Gasteiger partial charge is 0.340 e. The zero-order valence-electron chi connectivity index (χ0n) is 19.5. The molecule has 2 N–H and O–H groups in total. The second-order valence-electron chi connectivity index (χ2n) is 8.09. The topological polar surface area (TPSA) is 111 Å². The SMILES string of the molecule is CCCNc1nc2cccc(C(=O)OC)c2n1Cc1ccc(-c2ccccc2)c(-c2nn[nH]n2)c1. The number of para-hydroxylation sites is 1. The zero-order valence-corrected chi connectivity index (χ0v) is 19.5. The van der Waals surface area contributed by atoms with Crippen molar-refractivity contribution in [2.24, 2.45) is 0 Å². The lowest BCUT2D eigenvalue weighted by Gasteiger charge is -2.14. The normalized spacial score (nSPS) is 11.0. The molecule has 5 aromatic rings. The van der Waals surface area contributed by atoms with Gasteiger partial charge in [-0.05, 0) is 46.5 Å². The van der Waals surface area contributed by atoms with Gasteiger partial charge in [0, 0.05) is 12.1 Å². The number of rotatable bonds is 8. The Kier molecular flexibility index (Phi) is 6.21. The summed E-state index contributed by atoms with van der Waals surface area (Å²) in [4.78, 5) is 17.3. The molecule has 5 rings (SSSR count). The van der Waals surface area contributed by atoms with Crippen molar-refractivity contribution in [2.45, 2.75) is 19.9 Å². The van der Waals surface area contributed by atoms with Gasteiger partial charge in [-0.2, -0.15) is 5.21 Å². The number of ether oxygens (including phenoxy) is 1. The summed E-state index contributed by atoms with van der Waals surface area (Å²) < 4.78 is 7.07. The number of carbonyl (C=O) groups is 1. The minimum absolute atomic E-state index is 0.397. The molecule has 3 aromatic carbocycles. The molecule has 0 atom stereocenters. The fraction of sp³-hybridized carbons (Fsp3) is 0.192. The van der Waals surface area contributed by atoms with Gasteiger partial charge < -0.3 is 14.6 Å². The summed E-state index contributed by atoms with van der Waals surface area (Å²) in [5, 5.41) is 18.2. The fourth-order valence-electron chi connectivity index (χ4n) is 4.19. The van der Waals surface area contributed by atoms with E-state index in [-0.39, 0.29) is 0 Å². The third-order valence-corrected chi connectivity index (χ3v) is 5.80. The van der Waals surface area contributed by atoms with Gasteiger partial charge in [-0.25, -0.2) is 9.78 Å². The molecule has 176 valence electrons. The average molecular weight is 468 g/mol. The first-order chi connectivity index (χ1) is 17.2. The van der Waals surface area contributed by atoms with Crippen molar-refractivity contribution in [3.63, 3.8) is 0 Å². The van der Waals surface area contributed by atoms with E-state index in [4.69, 9.17) is 9.72 Å². The molecule has 9 nitrogen and oxygen atoms in total. The predicted octanol–water partition coefficient (Wildman–Crippen LogP) is 4.54. The van der Waals surface area contributed by atoms with Gasteiger partial charge in [0.1, 0.15) is 0 Å². The van der Waals surface area contributed by atoms with Crippen molar-refractivity contribution in [3.8, 4) is 22.5 Å². The number of fused-ring (bicyclic) bond motifs is 1. The molecule has 0 unspecified atom stereocenters. The fourth-order valence-corrected chi connectivity index (χ4v) is 4.19. The van der Waals surface area contributed by atoms with Crippen molar-refractivity contribution < 1.29 is 9.53 Å². The summed E-state index contributed by atoms with van der Waals surface area (Å²) in [6.07, 6.45) is 0.945. The Morgan fingerprint density at radius 1 is 1.06 bits per heavy atom. The molecule has 0 aliphatic rings. The standard InChI is InChI=1S/C26H25N7O2/c1-3-14-27-26-28-22-11-7-10-20(25(34)35-2)23(22)33(26)16-17-12-13-19(18-8-5-4-6-9-18)21(15-17)24-29-31-32-30-24/h4-13,15H,3,14,16H2,1-2H3,(H,27,28)(H,29,30,31,32). The quantitative estimate of drug-likeness (QED) is 0.322. The molecule has 2 heterocycles. The summed E-state index contributed by atoms with van der Waals surface area (Å²) in [7, 11) is 1.39. The van der Waals surface area contributed by atoms with Crippen LogP contribution in [0.1, 0.15) is 29.3 Å². The number of imidazole rings is 1. The Morgan fingerprint density at radius 3 is 2.66 bits per heavy atom. The molecular formula is C26H25N7O2. The number of hydrogen-bond acceptors (Lipinski definition) is 7. The first-order valence-electron chi connectivity index (χ1n) is 11.4. The maximum Gasteiger partial charge on any atom is 0.340 e. The molecule has 0 saturated carbocycles. The third kappa shape index (κ3) is 4.35. The van der Waals surface area contributed by atoms with E-state index in [2.05, 4.69) is 63.2 Å². The number of carbonyl (C=O) groups excluding carboxylic acids is 1. The van der Waals surface area contributed by atoms with Gasteiger partial charge >= 0.3 is 5.97 Å². The molecule has 0 radical (unpaired) electrons. The number of tetrazole rings is 1. The van der Waals surface area contributed by atoms with E-state index in [0.29, 0.717) is 23.9 Å². The molecule has 0 spiro atoms. The number of anilines is 1. The van der Waals surface area contributed by atoms with Crippen LogP contribution in [-0.4, -0.2) is 49.8 Å². The lowest BCUT2D eigenvalue weighted by Crippen LogP contribution is -2.11. The van der Waals surface area contributed by atoms with E-state index < -0.39 is 5.97 Å². The Bertz CT molecular complexity index is 1460. The summed E-state index contributed by atoms with van der Waals surface area (Å²) in [5.41, 5.74) is 5.86. The van der Waals surface area contributed by atoms with Crippen LogP contribution in [-0.2, 0) is 11.3 Å². The summed E-state index contributed by atoms with van der Waals surface area (Å²) in [6, 6.07) is 21.8. The maximum absolute atomic E-state index is 12.6. The summed E-state index contributed by atoms with van der Waals surface area (Å²) in [6.45, 7) is 3.34. The number of benzene rings is 3. The molecule has 35 heavy (non-hydrogen) atoms. The van der Waals surface area contributed by atoms with E-state index in [1.165, 1.54) is 7.11 Å². The molecule has 0 bridgehead atoms.